The zero-order valence-corrected chi connectivity index (χ0v) is 9.12. The van der Waals surface area contributed by atoms with Crippen LogP contribution < -0.4 is 5.32 Å². The molecule has 0 aliphatic rings. The van der Waals surface area contributed by atoms with Crippen molar-refractivity contribution >= 4 is 5.91 Å². The van der Waals surface area contributed by atoms with Crippen molar-refractivity contribution in [1.29, 1.82) is 0 Å². The van der Waals surface area contributed by atoms with Crippen LogP contribution in [0.3, 0.4) is 0 Å². The first kappa shape index (κ1) is 13.2. The Morgan fingerprint density at radius 1 is 1.43 bits per heavy atom. The van der Waals surface area contributed by atoms with Gasteiger partial charge in [-0.05, 0) is 25.7 Å². The van der Waals surface area contributed by atoms with Crippen molar-refractivity contribution in [1.82, 2.24) is 5.32 Å². The molecule has 0 bridgehead atoms. The molecule has 0 aromatic rings. The average molecular weight is 199 g/mol. The molecule has 0 radical (unpaired) electrons. The molecule has 0 aromatic carbocycles. The number of rotatable bonds is 7. The Bertz CT molecular complexity index is 178. The Hall–Kier alpha value is -0.830. The van der Waals surface area contributed by atoms with Crippen LogP contribution in [0.1, 0.15) is 39.0 Å². The second-order valence-electron chi connectivity index (χ2n) is 3.32. The number of amides is 1. The first-order chi connectivity index (χ1) is 6.70. The predicted octanol–water partition coefficient (Wildman–Crippen LogP) is 1.62. The fraction of sp³-hybridized carbons (Fsp3) is 0.727. The van der Waals surface area contributed by atoms with Gasteiger partial charge in [-0.25, -0.2) is 0 Å². The maximum absolute atomic E-state index is 10.9. The van der Waals surface area contributed by atoms with Gasteiger partial charge in [0.15, 0.2) is 0 Å². The molecule has 3 nitrogen and oxygen atoms in total. The Labute approximate surface area is 86.2 Å². The molecule has 0 fully saturated rings. The molecule has 82 valence electrons. The summed E-state index contributed by atoms with van der Waals surface area (Å²) >= 11 is 0. The summed E-state index contributed by atoms with van der Waals surface area (Å²) in [7, 11) is 1.61. The van der Waals surface area contributed by atoms with Crippen molar-refractivity contribution in [2.24, 2.45) is 0 Å². The number of carbonyl (C=O) groups is 1. The zero-order chi connectivity index (χ0) is 10.8. The minimum absolute atomic E-state index is 0.00634. The normalized spacial score (nSPS) is 13.1. The van der Waals surface area contributed by atoms with E-state index in [1.807, 2.05) is 0 Å². The van der Waals surface area contributed by atoms with E-state index in [9.17, 15) is 9.90 Å². The van der Waals surface area contributed by atoms with E-state index in [4.69, 9.17) is 0 Å². The smallest absolute Gasteiger partial charge is 0.219 e. The van der Waals surface area contributed by atoms with Gasteiger partial charge in [-0.1, -0.05) is 19.1 Å². The summed E-state index contributed by atoms with van der Waals surface area (Å²) in [6, 6.07) is 0. The number of hydrogen-bond donors (Lipinski definition) is 2. The van der Waals surface area contributed by atoms with E-state index < -0.39 is 0 Å². The summed E-state index contributed by atoms with van der Waals surface area (Å²) in [6.45, 7) is 2.08. The van der Waals surface area contributed by atoms with E-state index in [0.29, 0.717) is 12.8 Å². The van der Waals surface area contributed by atoms with Gasteiger partial charge in [-0.2, -0.15) is 0 Å². The predicted molar refractivity (Wildman–Crippen MR) is 58.0 cm³/mol. The highest BCUT2D eigenvalue weighted by atomic mass is 16.3. The molecule has 0 spiro atoms. The fourth-order valence-corrected chi connectivity index (χ4v) is 1.14. The first-order valence-corrected chi connectivity index (χ1v) is 5.24. The van der Waals surface area contributed by atoms with Crippen LogP contribution in [-0.4, -0.2) is 24.2 Å². The molecular weight excluding hydrogens is 178 g/mol. The average Bonchev–Trinajstić information content (AvgIpc) is 2.21. The SMILES string of the molecule is CCC=CCCC(O)CCC(=O)NC. The second-order valence-corrected chi connectivity index (χ2v) is 3.32. The highest BCUT2D eigenvalue weighted by Crippen LogP contribution is 2.05. The molecule has 0 heterocycles. The third kappa shape index (κ3) is 7.80. The molecule has 0 rings (SSSR count). The molecule has 14 heavy (non-hydrogen) atoms. The van der Waals surface area contributed by atoms with E-state index in [1.54, 1.807) is 7.05 Å². The second kappa shape index (κ2) is 8.75. The monoisotopic (exact) mass is 199 g/mol. The maximum Gasteiger partial charge on any atom is 0.219 e. The molecule has 2 N–H and O–H groups in total. The van der Waals surface area contributed by atoms with Crippen molar-refractivity contribution in [2.45, 2.75) is 45.1 Å². The number of hydrogen-bond acceptors (Lipinski definition) is 2. The van der Waals surface area contributed by atoms with Crippen LogP contribution in [0.25, 0.3) is 0 Å². The van der Waals surface area contributed by atoms with Gasteiger partial charge in [-0.15, -0.1) is 0 Å². The first-order valence-electron chi connectivity index (χ1n) is 5.24. The third-order valence-corrected chi connectivity index (χ3v) is 2.05. The summed E-state index contributed by atoms with van der Waals surface area (Å²) in [5.74, 6) is -0.00634. The minimum atomic E-state index is -0.353. The Kier molecular flexibility index (Phi) is 8.24. The van der Waals surface area contributed by atoms with E-state index >= 15 is 0 Å². The number of aliphatic hydroxyl groups is 1. The molecule has 0 saturated carbocycles. The van der Waals surface area contributed by atoms with E-state index in [-0.39, 0.29) is 12.0 Å². The van der Waals surface area contributed by atoms with Crippen LogP contribution in [0.5, 0.6) is 0 Å². The standard InChI is InChI=1S/C11H21NO2/c1-3-4-5-6-7-10(13)8-9-11(14)12-2/h4-5,10,13H,3,6-9H2,1-2H3,(H,12,14). The van der Waals surface area contributed by atoms with Gasteiger partial charge in [-0.3, -0.25) is 4.79 Å². The fourth-order valence-electron chi connectivity index (χ4n) is 1.14. The van der Waals surface area contributed by atoms with Crippen LogP contribution >= 0.6 is 0 Å². The summed E-state index contributed by atoms with van der Waals surface area (Å²) in [5, 5.41) is 12.0. The molecule has 1 amide bonds. The topological polar surface area (TPSA) is 49.3 Å². The molecule has 0 aromatic heterocycles. The number of carbonyl (C=O) groups excluding carboxylic acids is 1. The lowest BCUT2D eigenvalue weighted by molar-refractivity contribution is -0.121. The van der Waals surface area contributed by atoms with Crippen molar-refractivity contribution in [3.05, 3.63) is 12.2 Å². The van der Waals surface area contributed by atoms with Crippen LogP contribution in [0, 0.1) is 0 Å². The largest absolute Gasteiger partial charge is 0.393 e. The van der Waals surface area contributed by atoms with E-state index in [1.165, 1.54) is 0 Å². The lowest BCUT2D eigenvalue weighted by Gasteiger charge is -2.07. The van der Waals surface area contributed by atoms with Gasteiger partial charge in [0.25, 0.3) is 0 Å². The lowest BCUT2D eigenvalue weighted by atomic mass is 10.1. The van der Waals surface area contributed by atoms with Crippen molar-refractivity contribution in [3.63, 3.8) is 0 Å². The number of aliphatic hydroxyl groups excluding tert-OH is 1. The molecule has 3 heteroatoms. The highest BCUT2D eigenvalue weighted by molar-refractivity contribution is 5.75. The van der Waals surface area contributed by atoms with Gasteiger partial charge in [0.1, 0.15) is 0 Å². The number of nitrogens with one attached hydrogen (secondary N) is 1. The highest BCUT2D eigenvalue weighted by Gasteiger charge is 2.05. The third-order valence-electron chi connectivity index (χ3n) is 2.05. The van der Waals surface area contributed by atoms with Gasteiger partial charge >= 0.3 is 0 Å². The summed E-state index contributed by atoms with van der Waals surface area (Å²) < 4.78 is 0. The molecule has 0 aliphatic carbocycles. The van der Waals surface area contributed by atoms with Crippen molar-refractivity contribution in [2.75, 3.05) is 7.05 Å². The van der Waals surface area contributed by atoms with Crippen LogP contribution in [-0.2, 0) is 4.79 Å². The molecular formula is C11H21NO2. The number of allylic oxidation sites excluding steroid dienone is 2. The zero-order valence-electron chi connectivity index (χ0n) is 9.12. The Morgan fingerprint density at radius 2 is 2.14 bits per heavy atom. The lowest BCUT2D eigenvalue weighted by Crippen LogP contribution is -2.19. The quantitative estimate of drug-likeness (QED) is 0.612. The molecule has 0 saturated heterocycles. The Balaban J connectivity index is 3.41. The van der Waals surface area contributed by atoms with Crippen LogP contribution in [0.2, 0.25) is 0 Å². The molecule has 1 unspecified atom stereocenters. The van der Waals surface area contributed by atoms with Gasteiger partial charge in [0.05, 0.1) is 6.10 Å². The van der Waals surface area contributed by atoms with E-state index in [2.05, 4.69) is 24.4 Å². The minimum Gasteiger partial charge on any atom is -0.393 e. The summed E-state index contributed by atoms with van der Waals surface area (Å²) in [4.78, 5) is 10.9. The molecule has 1 atom stereocenters. The van der Waals surface area contributed by atoms with Gasteiger partial charge in [0.2, 0.25) is 5.91 Å². The van der Waals surface area contributed by atoms with Crippen LogP contribution in [0.4, 0.5) is 0 Å². The summed E-state index contributed by atoms with van der Waals surface area (Å²) in [6.07, 6.45) is 7.45. The van der Waals surface area contributed by atoms with Crippen molar-refractivity contribution in [3.8, 4) is 0 Å². The van der Waals surface area contributed by atoms with Crippen LogP contribution in [0.15, 0.2) is 12.2 Å². The maximum atomic E-state index is 10.9. The van der Waals surface area contributed by atoms with Crippen molar-refractivity contribution < 1.29 is 9.90 Å². The van der Waals surface area contributed by atoms with Gasteiger partial charge < -0.3 is 10.4 Å². The van der Waals surface area contributed by atoms with Gasteiger partial charge in [0, 0.05) is 13.5 Å². The molecule has 0 aliphatic heterocycles. The summed E-state index contributed by atoms with van der Waals surface area (Å²) in [5.41, 5.74) is 0. The Morgan fingerprint density at radius 3 is 2.71 bits per heavy atom. The van der Waals surface area contributed by atoms with E-state index in [0.717, 1.165) is 19.3 Å².